The SMILES string of the molecule is O=S1(=O)C[C@H]2N=C(SCc3ccccc3)N(c3ccc(F)cc3)[C@H]2C1. The van der Waals surface area contributed by atoms with Crippen molar-refractivity contribution < 1.29 is 12.8 Å². The minimum atomic E-state index is -3.08. The fraction of sp³-hybridized carbons (Fsp3) is 0.278. The second kappa shape index (κ2) is 6.46. The normalized spacial score (nSPS) is 24.2. The van der Waals surface area contributed by atoms with Crippen molar-refractivity contribution in [3.63, 3.8) is 0 Å². The van der Waals surface area contributed by atoms with Gasteiger partial charge in [-0.15, -0.1) is 0 Å². The second-order valence-corrected chi connectivity index (χ2v) is 9.34. The molecule has 2 aliphatic rings. The maximum Gasteiger partial charge on any atom is 0.164 e. The zero-order valence-corrected chi connectivity index (χ0v) is 15.0. The molecule has 7 heteroatoms. The number of aliphatic imine (C=N–C) groups is 1. The van der Waals surface area contributed by atoms with E-state index in [0.29, 0.717) is 0 Å². The number of halogens is 1. The number of rotatable bonds is 3. The van der Waals surface area contributed by atoms with Crippen LogP contribution in [0.5, 0.6) is 0 Å². The minimum absolute atomic E-state index is 0.0881. The van der Waals surface area contributed by atoms with Crippen molar-refractivity contribution >= 4 is 32.5 Å². The van der Waals surface area contributed by atoms with Crippen molar-refractivity contribution in [3.8, 4) is 0 Å². The molecule has 0 unspecified atom stereocenters. The van der Waals surface area contributed by atoms with Crippen LogP contribution in [-0.2, 0) is 15.6 Å². The molecule has 2 aliphatic heterocycles. The molecule has 2 aromatic carbocycles. The average Bonchev–Trinajstić information content (AvgIpc) is 3.06. The molecular weight excluding hydrogens is 359 g/mol. The van der Waals surface area contributed by atoms with Crippen LogP contribution >= 0.6 is 11.8 Å². The molecule has 1 saturated heterocycles. The third-order valence-corrected chi connectivity index (χ3v) is 7.16. The highest BCUT2D eigenvalue weighted by atomic mass is 32.2. The maximum absolute atomic E-state index is 13.3. The third-order valence-electron chi connectivity index (χ3n) is 4.42. The molecule has 0 N–H and O–H groups in total. The van der Waals surface area contributed by atoms with Crippen molar-refractivity contribution in [2.24, 2.45) is 4.99 Å². The summed E-state index contributed by atoms with van der Waals surface area (Å²) in [5.74, 6) is 0.622. The van der Waals surface area contributed by atoms with Gasteiger partial charge in [-0.1, -0.05) is 42.1 Å². The maximum atomic E-state index is 13.3. The Balaban J connectivity index is 1.62. The van der Waals surface area contributed by atoms with Crippen molar-refractivity contribution in [3.05, 3.63) is 66.0 Å². The van der Waals surface area contributed by atoms with E-state index in [4.69, 9.17) is 0 Å². The van der Waals surface area contributed by atoms with E-state index in [1.54, 1.807) is 23.9 Å². The van der Waals surface area contributed by atoms with Gasteiger partial charge < -0.3 is 4.90 Å². The van der Waals surface area contributed by atoms with Gasteiger partial charge in [-0.05, 0) is 29.8 Å². The molecule has 0 aromatic heterocycles. The topological polar surface area (TPSA) is 49.7 Å². The van der Waals surface area contributed by atoms with Gasteiger partial charge in [-0.25, -0.2) is 12.8 Å². The number of anilines is 1. The van der Waals surface area contributed by atoms with Crippen LogP contribution in [0.15, 0.2) is 59.6 Å². The Morgan fingerprint density at radius 3 is 2.52 bits per heavy atom. The molecule has 4 nitrogen and oxygen atoms in total. The molecule has 2 heterocycles. The van der Waals surface area contributed by atoms with Crippen molar-refractivity contribution in [2.45, 2.75) is 17.8 Å². The van der Waals surface area contributed by atoms with Gasteiger partial charge in [0, 0.05) is 11.4 Å². The Morgan fingerprint density at radius 1 is 1.08 bits per heavy atom. The highest BCUT2D eigenvalue weighted by Gasteiger charge is 2.47. The van der Waals surface area contributed by atoms with E-state index in [1.807, 2.05) is 23.1 Å². The Morgan fingerprint density at radius 2 is 1.80 bits per heavy atom. The number of benzene rings is 2. The molecule has 0 radical (unpaired) electrons. The molecule has 25 heavy (non-hydrogen) atoms. The molecule has 1 fully saturated rings. The molecule has 0 bridgehead atoms. The van der Waals surface area contributed by atoms with Crippen molar-refractivity contribution in [1.29, 1.82) is 0 Å². The lowest BCUT2D eigenvalue weighted by molar-refractivity contribution is 0.601. The highest BCUT2D eigenvalue weighted by Crippen LogP contribution is 2.35. The molecule has 0 saturated carbocycles. The average molecular weight is 376 g/mol. The van der Waals surface area contributed by atoms with Crippen LogP contribution in [0.4, 0.5) is 10.1 Å². The van der Waals surface area contributed by atoms with E-state index in [1.165, 1.54) is 17.7 Å². The van der Waals surface area contributed by atoms with Gasteiger partial charge in [0.1, 0.15) is 5.82 Å². The summed E-state index contributed by atoms with van der Waals surface area (Å²) in [6, 6.07) is 15.8. The zero-order chi connectivity index (χ0) is 17.4. The van der Waals surface area contributed by atoms with Crippen LogP contribution in [0.2, 0.25) is 0 Å². The first-order valence-corrected chi connectivity index (χ1v) is 10.8. The minimum Gasteiger partial charge on any atom is -0.315 e. The van der Waals surface area contributed by atoms with Gasteiger partial charge in [0.25, 0.3) is 0 Å². The molecule has 2 atom stereocenters. The van der Waals surface area contributed by atoms with Gasteiger partial charge >= 0.3 is 0 Å². The van der Waals surface area contributed by atoms with Crippen molar-refractivity contribution in [1.82, 2.24) is 0 Å². The Labute approximate surface area is 150 Å². The molecule has 130 valence electrons. The van der Waals surface area contributed by atoms with Gasteiger partial charge in [-0.2, -0.15) is 0 Å². The molecule has 4 rings (SSSR count). The quantitative estimate of drug-likeness (QED) is 0.826. The number of sulfone groups is 1. The Hall–Kier alpha value is -1.86. The molecule has 0 spiro atoms. The molecule has 0 amide bonds. The lowest BCUT2D eigenvalue weighted by Crippen LogP contribution is -2.39. The summed E-state index contributed by atoms with van der Waals surface area (Å²) in [6.07, 6.45) is 0. The first kappa shape index (κ1) is 16.6. The van der Waals surface area contributed by atoms with E-state index in [9.17, 15) is 12.8 Å². The summed E-state index contributed by atoms with van der Waals surface area (Å²) in [7, 11) is -3.08. The summed E-state index contributed by atoms with van der Waals surface area (Å²) in [5, 5.41) is 0.806. The van der Waals surface area contributed by atoms with Crippen LogP contribution in [0.25, 0.3) is 0 Å². The van der Waals surface area contributed by atoms with Crippen LogP contribution in [0.3, 0.4) is 0 Å². The molecule has 0 aliphatic carbocycles. The summed E-state index contributed by atoms with van der Waals surface area (Å²) in [4.78, 5) is 6.63. The standard InChI is InChI=1S/C18H17FN2O2S2/c19-14-6-8-15(9-7-14)21-17-12-25(22,23)11-16(17)20-18(21)24-10-13-4-2-1-3-5-13/h1-9,16-17H,10-12H2/t16-,17+/m1/s1. The van der Waals surface area contributed by atoms with Crippen LogP contribution < -0.4 is 4.90 Å². The number of thioether (sulfide) groups is 1. The van der Waals surface area contributed by atoms with E-state index in [0.717, 1.165) is 16.6 Å². The second-order valence-electron chi connectivity index (χ2n) is 6.24. The number of fused-ring (bicyclic) bond motifs is 1. The first-order valence-electron chi connectivity index (χ1n) is 8.02. The lowest BCUT2D eigenvalue weighted by Gasteiger charge is -2.26. The fourth-order valence-electron chi connectivity index (χ4n) is 3.26. The summed E-state index contributed by atoms with van der Waals surface area (Å²) in [6.45, 7) is 0. The van der Waals surface area contributed by atoms with E-state index < -0.39 is 9.84 Å². The van der Waals surface area contributed by atoms with Crippen LogP contribution in [0, 0.1) is 5.82 Å². The van der Waals surface area contributed by atoms with E-state index >= 15 is 0 Å². The number of amidine groups is 1. The zero-order valence-electron chi connectivity index (χ0n) is 13.4. The van der Waals surface area contributed by atoms with E-state index in [-0.39, 0.29) is 29.4 Å². The predicted octanol–water partition coefficient (Wildman–Crippen LogP) is 3.10. The predicted molar refractivity (Wildman–Crippen MR) is 100 cm³/mol. The van der Waals surface area contributed by atoms with Gasteiger partial charge in [-0.3, -0.25) is 4.99 Å². The van der Waals surface area contributed by atoms with Gasteiger partial charge in [0.2, 0.25) is 0 Å². The van der Waals surface area contributed by atoms with Crippen molar-refractivity contribution in [2.75, 3.05) is 16.4 Å². The highest BCUT2D eigenvalue weighted by molar-refractivity contribution is 8.13. The van der Waals surface area contributed by atoms with Gasteiger partial charge in [0.15, 0.2) is 15.0 Å². The molecular formula is C18H17FN2O2S2. The van der Waals surface area contributed by atoms with Crippen LogP contribution in [-0.4, -0.2) is 37.2 Å². The summed E-state index contributed by atoms with van der Waals surface area (Å²) >= 11 is 1.59. The lowest BCUT2D eigenvalue weighted by atomic mass is 10.1. The Kier molecular flexibility index (Phi) is 4.29. The smallest absolute Gasteiger partial charge is 0.164 e. The largest absolute Gasteiger partial charge is 0.315 e. The first-order chi connectivity index (χ1) is 12.0. The van der Waals surface area contributed by atoms with E-state index in [2.05, 4.69) is 17.1 Å². The number of hydrogen-bond donors (Lipinski definition) is 0. The number of nitrogens with zero attached hydrogens (tertiary/aromatic N) is 2. The van der Waals surface area contributed by atoms with Gasteiger partial charge in [0.05, 0.1) is 23.6 Å². The van der Waals surface area contributed by atoms with Crippen LogP contribution in [0.1, 0.15) is 5.56 Å². The summed E-state index contributed by atoms with van der Waals surface area (Å²) in [5.41, 5.74) is 1.96. The Bertz CT molecular complexity index is 898. The molecule has 2 aromatic rings. The number of hydrogen-bond acceptors (Lipinski definition) is 5. The summed E-state index contributed by atoms with van der Waals surface area (Å²) < 4.78 is 37.3. The fourth-order valence-corrected chi connectivity index (χ4v) is 6.18. The third kappa shape index (κ3) is 3.43. The monoisotopic (exact) mass is 376 g/mol.